The molecule has 0 spiro atoms. The average Bonchev–Trinajstić information content (AvgIpc) is 2.63. The summed E-state index contributed by atoms with van der Waals surface area (Å²) in [6.45, 7) is 3.80. The number of para-hydroxylation sites is 1. The molecule has 2 aromatic carbocycles. The molecule has 0 aliphatic carbocycles. The maximum Gasteiger partial charge on any atom is 0.247 e. The SMILES string of the molecule is C=CC(=O)Nc1ccccc1CC(=O)NCCc1ccc(S(N)(=O)=O)cc1. The highest BCUT2D eigenvalue weighted by Crippen LogP contribution is 2.15. The minimum absolute atomic E-state index is 0.0495. The number of amides is 2. The number of nitrogens with two attached hydrogens (primary N) is 1. The molecular formula is C19H21N3O4S. The molecule has 8 heteroatoms. The summed E-state index contributed by atoms with van der Waals surface area (Å²) >= 11 is 0. The molecule has 0 radical (unpaired) electrons. The number of carbonyl (C=O) groups is 2. The van der Waals surface area contributed by atoms with Crippen LogP contribution in [0.5, 0.6) is 0 Å². The summed E-state index contributed by atoms with van der Waals surface area (Å²) in [7, 11) is -3.71. The number of primary sulfonamides is 1. The molecule has 4 N–H and O–H groups in total. The van der Waals surface area contributed by atoms with Gasteiger partial charge in [-0.25, -0.2) is 13.6 Å². The maximum absolute atomic E-state index is 12.2. The Bertz CT molecular complexity index is 938. The van der Waals surface area contributed by atoms with Gasteiger partial charge >= 0.3 is 0 Å². The van der Waals surface area contributed by atoms with Crippen LogP contribution < -0.4 is 15.8 Å². The molecule has 0 unspecified atom stereocenters. The van der Waals surface area contributed by atoms with Crippen LogP contribution in [0.4, 0.5) is 5.69 Å². The van der Waals surface area contributed by atoms with E-state index in [0.717, 1.165) is 11.6 Å². The van der Waals surface area contributed by atoms with Gasteiger partial charge < -0.3 is 10.6 Å². The minimum atomic E-state index is -3.71. The maximum atomic E-state index is 12.2. The first-order valence-corrected chi connectivity index (χ1v) is 9.74. The molecule has 0 aliphatic heterocycles. The number of benzene rings is 2. The van der Waals surface area contributed by atoms with E-state index in [0.29, 0.717) is 24.2 Å². The van der Waals surface area contributed by atoms with Crippen molar-refractivity contribution in [1.29, 1.82) is 0 Å². The molecule has 0 saturated carbocycles. The third-order valence-corrected chi connectivity index (χ3v) is 4.73. The summed E-state index contributed by atoms with van der Waals surface area (Å²) in [5.41, 5.74) is 2.14. The van der Waals surface area contributed by atoms with Gasteiger partial charge in [0.2, 0.25) is 21.8 Å². The van der Waals surface area contributed by atoms with Crippen LogP contribution in [0, 0.1) is 0 Å². The molecule has 0 fully saturated rings. The Balaban J connectivity index is 1.88. The first kappa shape index (κ1) is 20.3. The number of carbonyl (C=O) groups excluding carboxylic acids is 2. The van der Waals surface area contributed by atoms with E-state index >= 15 is 0 Å². The molecule has 2 rings (SSSR count). The molecule has 0 aromatic heterocycles. The van der Waals surface area contributed by atoms with Crippen molar-refractivity contribution in [3.8, 4) is 0 Å². The van der Waals surface area contributed by atoms with Crippen molar-refractivity contribution < 1.29 is 18.0 Å². The second kappa shape index (κ2) is 9.11. The monoisotopic (exact) mass is 387 g/mol. The van der Waals surface area contributed by atoms with E-state index < -0.39 is 10.0 Å². The van der Waals surface area contributed by atoms with E-state index in [2.05, 4.69) is 17.2 Å². The molecular weight excluding hydrogens is 366 g/mol. The van der Waals surface area contributed by atoms with Gasteiger partial charge in [-0.2, -0.15) is 0 Å². The number of hydrogen-bond donors (Lipinski definition) is 3. The van der Waals surface area contributed by atoms with Crippen LogP contribution in [0.25, 0.3) is 0 Å². The fraction of sp³-hybridized carbons (Fsp3) is 0.158. The number of sulfonamides is 1. The quantitative estimate of drug-likeness (QED) is 0.593. The Morgan fingerprint density at radius 2 is 1.74 bits per heavy atom. The lowest BCUT2D eigenvalue weighted by molar-refractivity contribution is -0.120. The highest BCUT2D eigenvalue weighted by molar-refractivity contribution is 7.89. The smallest absolute Gasteiger partial charge is 0.247 e. The van der Waals surface area contributed by atoms with Gasteiger partial charge in [0.05, 0.1) is 11.3 Å². The lowest BCUT2D eigenvalue weighted by Crippen LogP contribution is -2.27. The van der Waals surface area contributed by atoms with Crippen LogP contribution in [0.15, 0.2) is 66.1 Å². The summed E-state index contributed by atoms with van der Waals surface area (Å²) in [5.74, 6) is -0.526. The van der Waals surface area contributed by atoms with Crippen molar-refractivity contribution in [3.05, 3.63) is 72.3 Å². The van der Waals surface area contributed by atoms with Gasteiger partial charge in [0, 0.05) is 12.2 Å². The van der Waals surface area contributed by atoms with Crippen LogP contribution in [-0.4, -0.2) is 26.8 Å². The Morgan fingerprint density at radius 1 is 1.07 bits per heavy atom. The van der Waals surface area contributed by atoms with Crippen molar-refractivity contribution in [2.75, 3.05) is 11.9 Å². The highest BCUT2D eigenvalue weighted by Gasteiger charge is 2.10. The predicted octanol–water partition coefficient (Wildman–Crippen LogP) is 1.36. The Hall–Kier alpha value is -2.97. The summed E-state index contributed by atoms with van der Waals surface area (Å²) in [6.07, 6.45) is 1.83. The molecule has 0 atom stereocenters. The van der Waals surface area contributed by atoms with Crippen molar-refractivity contribution in [2.45, 2.75) is 17.7 Å². The highest BCUT2D eigenvalue weighted by atomic mass is 32.2. The molecule has 2 amide bonds. The summed E-state index contributed by atoms with van der Waals surface area (Å²) in [6, 6.07) is 13.2. The van der Waals surface area contributed by atoms with Crippen LogP contribution in [0.3, 0.4) is 0 Å². The standard InChI is InChI=1S/C19H21N3O4S/c1-2-18(23)22-17-6-4-3-5-15(17)13-19(24)21-12-11-14-7-9-16(10-8-14)27(20,25)26/h2-10H,1,11-13H2,(H,21,24)(H,22,23)(H2,20,25,26). The Morgan fingerprint density at radius 3 is 2.37 bits per heavy atom. The number of nitrogens with one attached hydrogen (secondary N) is 2. The third-order valence-electron chi connectivity index (χ3n) is 3.80. The van der Waals surface area contributed by atoms with Crippen LogP contribution in [0.1, 0.15) is 11.1 Å². The molecule has 0 bridgehead atoms. The predicted molar refractivity (Wildman–Crippen MR) is 104 cm³/mol. The van der Waals surface area contributed by atoms with Gasteiger partial charge in [-0.3, -0.25) is 9.59 Å². The van der Waals surface area contributed by atoms with E-state index in [4.69, 9.17) is 5.14 Å². The zero-order valence-corrected chi connectivity index (χ0v) is 15.5. The molecule has 142 valence electrons. The third kappa shape index (κ3) is 6.36. The van der Waals surface area contributed by atoms with Gasteiger partial charge in [0.25, 0.3) is 0 Å². The lowest BCUT2D eigenvalue weighted by atomic mass is 10.1. The van der Waals surface area contributed by atoms with E-state index in [-0.39, 0.29) is 23.1 Å². The fourth-order valence-corrected chi connectivity index (χ4v) is 2.92. The van der Waals surface area contributed by atoms with Crippen LogP contribution >= 0.6 is 0 Å². The van der Waals surface area contributed by atoms with Crippen molar-refractivity contribution in [2.24, 2.45) is 5.14 Å². The molecule has 7 nitrogen and oxygen atoms in total. The second-order valence-electron chi connectivity index (χ2n) is 5.82. The normalized spacial score (nSPS) is 10.9. The van der Waals surface area contributed by atoms with Gasteiger partial charge in [0.1, 0.15) is 0 Å². The lowest BCUT2D eigenvalue weighted by Gasteiger charge is -2.10. The molecule has 2 aromatic rings. The fourth-order valence-electron chi connectivity index (χ4n) is 2.41. The van der Waals surface area contributed by atoms with E-state index in [1.807, 2.05) is 0 Å². The van der Waals surface area contributed by atoms with E-state index in [9.17, 15) is 18.0 Å². The first-order chi connectivity index (χ1) is 12.8. The number of rotatable bonds is 8. The van der Waals surface area contributed by atoms with Gasteiger partial charge in [0.15, 0.2) is 0 Å². The van der Waals surface area contributed by atoms with Crippen molar-refractivity contribution in [1.82, 2.24) is 5.32 Å². The van der Waals surface area contributed by atoms with Crippen LogP contribution in [-0.2, 0) is 32.5 Å². The minimum Gasteiger partial charge on any atom is -0.355 e. The zero-order valence-electron chi connectivity index (χ0n) is 14.6. The number of hydrogen-bond acceptors (Lipinski definition) is 4. The van der Waals surface area contributed by atoms with E-state index in [1.54, 1.807) is 36.4 Å². The second-order valence-corrected chi connectivity index (χ2v) is 7.38. The molecule has 27 heavy (non-hydrogen) atoms. The van der Waals surface area contributed by atoms with Gasteiger partial charge in [-0.05, 0) is 41.8 Å². The average molecular weight is 387 g/mol. The van der Waals surface area contributed by atoms with Gasteiger partial charge in [-0.15, -0.1) is 0 Å². The van der Waals surface area contributed by atoms with Gasteiger partial charge in [-0.1, -0.05) is 36.9 Å². The van der Waals surface area contributed by atoms with Crippen LogP contribution in [0.2, 0.25) is 0 Å². The number of anilines is 1. The topological polar surface area (TPSA) is 118 Å². The largest absolute Gasteiger partial charge is 0.355 e. The van der Waals surface area contributed by atoms with E-state index in [1.165, 1.54) is 12.1 Å². The Kier molecular flexibility index (Phi) is 6.86. The molecule has 0 heterocycles. The molecule has 0 aliphatic rings. The molecule has 0 saturated heterocycles. The summed E-state index contributed by atoms with van der Waals surface area (Å²) < 4.78 is 22.4. The first-order valence-electron chi connectivity index (χ1n) is 8.19. The summed E-state index contributed by atoms with van der Waals surface area (Å²) in [5, 5.41) is 10.5. The van der Waals surface area contributed by atoms with Crippen molar-refractivity contribution in [3.63, 3.8) is 0 Å². The Labute approximate surface area is 158 Å². The van der Waals surface area contributed by atoms with Crippen molar-refractivity contribution >= 4 is 27.5 Å². The zero-order chi connectivity index (χ0) is 19.9. The summed E-state index contributed by atoms with van der Waals surface area (Å²) in [4.78, 5) is 23.7.